The number of hydrazine groups is 1. The summed E-state index contributed by atoms with van der Waals surface area (Å²) >= 11 is 0. The summed E-state index contributed by atoms with van der Waals surface area (Å²) in [6.07, 6.45) is 6.18. The van der Waals surface area contributed by atoms with Crippen LogP contribution in [0.3, 0.4) is 0 Å². The fourth-order valence-electron chi connectivity index (χ4n) is 3.54. The second-order valence-electron chi connectivity index (χ2n) is 5.47. The van der Waals surface area contributed by atoms with Gasteiger partial charge in [-0.2, -0.15) is 0 Å². The van der Waals surface area contributed by atoms with Crippen molar-refractivity contribution in [3.63, 3.8) is 0 Å². The molecule has 1 aliphatic rings. The van der Waals surface area contributed by atoms with Gasteiger partial charge in [0.05, 0.1) is 0 Å². The standard InChI is InChI=1S/C16H26N2/c1-3-12(4-2)16(18-17)15-11-7-9-13-8-5-6-10-14(13)15/h5-6,8,10,12,15-16,18H,3-4,7,9,11,17H2,1-2H3. The van der Waals surface area contributed by atoms with Crippen LogP contribution in [0.4, 0.5) is 0 Å². The lowest BCUT2D eigenvalue weighted by Gasteiger charge is -2.36. The molecule has 0 saturated heterocycles. The first-order valence-electron chi connectivity index (χ1n) is 7.35. The summed E-state index contributed by atoms with van der Waals surface area (Å²) < 4.78 is 0. The van der Waals surface area contributed by atoms with Crippen LogP contribution < -0.4 is 11.3 Å². The fourth-order valence-corrected chi connectivity index (χ4v) is 3.54. The molecule has 0 spiro atoms. The van der Waals surface area contributed by atoms with E-state index in [1.807, 2.05) is 0 Å². The third-order valence-corrected chi connectivity index (χ3v) is 4.60. The Morgan fingerprint density at radius 3 is 2.67 bits per heavy atom. The first-order valence-corrected chi connectivity index (χ1v) is 7.35. The average Bonchev–Trinajstić information content (AvgIpc) is 2.44. The van der Waals surface area contributed by atoms with Crippen LogP contribution in [0.1, 0.15) is 56.6 Å². The zero-order chi connectivity index (χ0) is 13.0. The molecular weight excluding hydrogens is 220 g/mol. The normalized spacial score (nSPS) is 20.8. The second-order valence-corrected chi connectivity index (χ2v) is 5.47. The molecule has 0 fully saturated rings. The molecule has 2 heteroatoms. The average molecular weight is 246 g/mol. The quantitative estimate of drug-likeness (QED) is 0.617. The van der Waals surface area contributed by atoms with Crippen molar-refractivity contribution >= 4 is 0 Å². The molecule has 0 aromatic heterocycles. The predicted molar refractivity (Wildman–Crippen MR) is 77.3 cm³/mol. The highest BCUT2D eigenvalue weighted by molar-refractivity contribution is 5.33. The molecule has 3 N–H and O–H groups in total. The molecule has 0 amide bonds. The summed E-state index contributed by atoms with van der Waals surface area (Å²) in [4.78, 5) is 0. The van der Waals surface area contributed by atoms with Crippen molar-refractivity contribution in [1.29, 1.82) is 0 Å². The minimum atomic E-state index is 0.418. The van der Waals surface area contributed by atoms with E-state index in [4.69, 9.17) is 5.84 Å². The maximum absolute atomic E-state index is 5.86. The van der Waals surface area contributed by atoms with Gasteiger partial charge in [-0.05, 0) is 36.3 Å². The Labute approximate surface area is 111 Å². The number of aryl methyl sites for hydroxylation is 1. The Balaban J connectivity index is 2.27. The van der Waals surface area contributed by atoms with Gasteiger partial charge in [0.15, 0.2) is 0 Å². The first kappa shape index (κ1) is 13.6. The van der Waals surface area contributed by atoms with E-state index in [2.05, 4.69) is 43.5 Å². The highest BCUT2D eigenvalue weighted by Crippen LogP contribution is 2.37. The summed E-state index contributed by atoms with van der Waals surface area (Å²) in [6.45, 7) is 4.54. The molecule has 2 nitrogen and oxygen atoms in total. The SMILES string of the molecule is CCC(CC)C(NN)C1CCCc2ccccc21. The van der Waals surface area contributed by atoms with Crippen LogP contribution in [0.2, 0.25) is 0 Å². The molecule has 2 atom stereocenters. The van der Waals surface area contributed by atoms with Crippen LogP contribution in [0.25, 0.3) is 0 Å². The molecule has 1 aromatic rings. The van der Waals surface area contributed by atoms with Crippen molar-refractivity contribution in [3.8, 4) is 0 Å². The molecule has 1 aliphatic carbocycles. The van der Waals surface area contributed by atoms with Crippen molar-refractivity contribution in [2.24, 2.45) is 11.8 Å². The molecule has 100 valence electrons. The van der Waals surface area contributed by atoms with Crippen LogP contribution in [0, 0.1) is 5.92 Å². The Morgan fingerprint density at radius 2 is 2.00 bits per heavy atom. The monoisotopic (exact) mass is 246 g/mol. The third kappa shape index (κ3) is 2.60. The van der Waals surface area contributed by atoms with Crippen LogP contribution in [-0.4, -0.2) is 6.04 Å². The first-order chi connectivity index (χ1) is 8.81. The lowest BCUT2D eigenvalue weighted by Crippen LogP contribution is -2.45. The van der Waals surface area contributed by atoms with Crippen molar-refractivity contribution in [2.75, 3.05) is 0 Å². The summed E-state index contributed by atoms with van der Waals surface area (Å²) in [6, 6.07) is 9.32. The van der Waals surface area contributed by atoms with Crippen LogP contribution in [-0.2, 0) is 6.42 Å². The van der Waals surface area contributed by atoms with Gasteiger partial charge in [-0.1, -0.05) is 51.0 Å². The van der Waals surface area contributed by atoms with Gasteiger partial charge in [-0.3, -0.25) is 11.3 Å². The zero-order valence-corrected chi connectivity index (χ0v) is 11.7. The number of rotatable bonds is 5. The summed E-state index contributed by atoms with van der Waals surface area (Å²) in [7, 11) is 0. The zero-order valence-electron chi connectivity index (χ0n) is 11.7. The van der Waals surface area contributed by atoms with Crippen molar-refractivity contribution in [1.82, 2.24) is 5.43 Å². The highest BCUT2D eigenvalue weighted by Gasteiger charge is 2.30. The van der Waals surface area contributed by atoms with E-state index in [1.165, 1.54) is 43.2 Å². The topological polar surface area (TPSA) is 38.0 Å². The van der Waals surface area contributed by atoms with Crippen molar-refractivity contribution in [2.45, 2.75) is 57.9 Å². The van der Waals surface area contributed by atoms with E-state index in [0.29, 0.717) is 17.9 Å². The molecule has 0 radical (unpaired) electrons. The van der Waals surface area contributed by atoms with Gasteiger partial charge in [-0.15, -0.1) is 0 Å². The van der Waals surface area contributed by atoms with E-state index < -0.39 is 0 Å². The number of hydrogen-bond donors (Lipinski definition) is 2. The molecule has 0 saturated carbocycles. The van der Waals surface area contributed by atoms with Gasteiger partial charge in [0.25, 0.3) is 0 Å². The van der Waals surface area contributed by atoms with Gasteiger partial charge in [0.1, 0.15) is 0 Å². The lowest BCUT2D eigenvalue weighted by atomic mass is 9.74. The smallest absolute Gasteiger partial charge is 0.0307 e. The second kappa shape index (κ2) is 6.35. The predicted octanol–water partition coefficient (Wildman–Crippen LogP) is 3.37. The van der Waals surface area contributed by atoms with Gasteiger partial charge < -0.3 is 0 Å². The number of hydrogen-bond acceptors (Lipinski definition) is 2. The highest BCUT2D eigenvalue weighted by atomic mass is 15.2. The van der Waals surface area contributed by atoms with Crippen LogP contribution in [0.15, 0.2) is 24.3 Å². The van der Waals surface area contributed by atoms with E-state index in [1.54, 1.807) is 0 Å². The van der Waals surface area contributed by atoms with Gasteiger partial charge in [-0.25, -0.2) is 0 Å². The van der Waals surface area contributed by atoms with Crippen LogP contribution >= 0.6 is 0 Å². The Morgan fingerprint density at radius 1 is 1.28 bits per heavy atom. The van der Waals surface area contributed by atoms with E-state index in [9.17, 15) is 0 Å². The summed E-state index contributed by atoms with van der Waals surface area (Å²) in [5, 5.41) is 0. The third-order valence-electron chi connectivity index (χ3n) is 4.60. The minimum absolute atomic E-state index is 0.418. The van der Waals surface area contributed by atoms with Crippen molar-refractivity contribution < 1.29 is 0 Å². The Bertz CT molecular complexity index is 371. The Hall–Kier alpha value is -0.860. The number of nitrogens with two attached hydrogens (primary N) is 1. The number of benzene rings is 1. The van der Waals surface area contributed by atoms with Gasteiger partial charge in [0, 0.05) is 12.0 Å². The largest absolute Gasteiger partial charge is 0.271 e. The maximum Gasteiger partial charge on any atom is 0.0307 e. The van der Waals surface area contributed by atoms with Crippen molar-refractivity contribution in [3.05, 3.63) is 35.4 Å². The molecule has 0 aliphatic heterocycles. The Kier molecular flexibility index (Phi) is 4.79. The minimum Gasteiger partial charge on any atom is -0.271 e. The molecule has 0 bridgehead atoms. The van der Waals surface area contributed by atoms with Crippen LogP contribution in [0.5, 0.6) is 0 Å². The molecular formula is C16H26N2. The number of nitrogens with one attached hydrogen (secondary N) is 1. The number of fused-ring (bicyclic) bond motifs is 1. The molecule has 2 rings (SSSR count). The maximum atomic E-state index is 5.86. The summed E-state index contributed by atoms with van der Waals surface area (Å²) in [5.41, 5.74) is 6.17. The lowest BCUT2D eigenvalue weighted by molar-refractivity contribution is 0.275. The molecule has 18 heavy (non-hydrogen) atoms. The summed E-state index contributed by atoms with van der Waals surface area (Å²) in [5.74, 6) is 7.12. The molecule has 2 unspecified atom stereocenters. The molecule has 0 heterocycles. The van der Waals surface area contributed by atoms with E-state index in [0.717, 1.165) is 0 Å². The van der Waals surface area contributed by atoms with Gasteiger partial charge in [0.2, 0.25) is 0 Å². The van der Waals surface area contributed by atoms with E-state index in [-0.39, 0.29) is 0 Å². The fraction of sp³-hybridized carbons (Fsp3) is 0.625. The van der Waals surface area contributed by atoms with E-state index >= 15 is 0 Å². The van der Waals surface area contributed by atoms with Gasteiger partial charge >= 0.3 is 0 Å². The molecule has 1 aromatic carbocycles.